The van der Waals surface area contributed by atoms with Crippen LogP contribution in [0.15, 0.2) is 24.5 Å². The molecule has 0 spiro atoms. The lowest BCUT2D eigenvalue weighted by atomic mass is 10.1. The lowest BCUT2D eigenvalue weighted by Gasteiger charge is -2.26. The highest BCUT2D eigenvalue weighted by atomic mass is 32.2. The SMILES string of the molecule is c1cncc(CCSCC2CNC2)c1. The molecule has 1 N–H and O–H groups in total. The van der Waals surface area contributed by atoms with Crippen LogP contribution in [0, 0.1) is 5.92 Å². The molecule has 1 saturated heterocycles. The Hall–Kier alpha value is -0.540. The summed E-state index contributed by atoms with van der Waals surface area (Å²) < 4.78 is 0. The van der Waals surface area contributed by atoms with Gasteiger partial charge >= 0.3 is 0 Å². The summed E-state index contributed by atoms with van der Waals surface area (Å²) in [4.78, 5) is 4.11. The van der Waals surface area contributed by atoms with Crippen LogP contribution in [-0.4, -0.2) is 29.6 Å². The molecule has 1 aliphatic rings. The minimum Gasteiger partial charge on any atom is -0.316 e. The van der Waals surface area contributed by atoms with Gasteiger partial charge in [0.05, 0.1) is 0 Å². The molecule has 2 nitrogen and oxygen atoms in total. The molecule has 0 unspecified atom stereocenters. The number of nitrogens with zero attached hydrogens (tertiary/aromatic N) is 1. The number of aromatic nitrogens is 1. The molecule has 0 radical (unpaired) electrons. The molecule has 1 aromatic heterocycles. The van der Waals surface area contributed by atoms with Gasteiger partial charge in [-0.05, 0) is 48.6 Å². The first kappa shape index (κ1) is 9.99. The van der Waals surface area contributed by atoms with Gasteiger partial charge in [0.25, 0.3) is 0 Å². The summed E-state index contributed by atoms with van der Waals surface area (Å²) in [5.74, 6) is 3.46. The van der Waals surface area contributed by atoms with E-state index in [9.17, 15) is 0 Å². The predicted molar refractivity (Wildman–Crippen MR) is 61.6 cm³/mol. The molecule has 1 aliphatic heterocycles. The molecule has 0 atom stereocenters. The van der Waals surface area contributed by atoms with Crippen molar-refractivity contribution < 1.29 is 0 Å². The monoisotopic (exact) mass is 208 g/mol. The van der Waals surface area contributed by atoms with Gasteiger partial charge in [-0.2, -0.15) is 11.8 Å². The molecular weight excluding hydrogens is 192 g/mol. The Kier molecular flexibility index (Phi) is 3.83. The summed E-state index contributed by atoms with van der Waals surface area (Å²) in [5, 5.41) is 3.30. The molecule has 0 aromatic carbocycles. The maximum Gasteiger partial charge on any atom is 0.0300 e. The fourth-order valence-corrected chi connectivity index (χ4v) is 2.57. The van der Waals surface area contributed by atoms with E-state index >= 15 is 0 Å². The maximum absolute atomic E-state index is 4.11. The molecule has 2 heterocycles. The Bertz CT molecular complexity index is 259. The van der Waals surface area contributed by atoms with Gasteiger partial charge < -0.3 is 5.32 Å². The van der Waals surface area contributed by atoms with E-state index in [1.807, 2.05) is 18.5 Å². The summed E-state index contributed by atoms with van der Waals surface area (Å²) in [7, 11) is 0. The van der Waals surface area contributed by atoms with E-state index in [-0.39, 0.29) is 0 Å². The average molecular weight is 208 g/mol. The summed E-state index contributed by atoms with van der Waals surface area (Å²) in [6.07, 6.45) is 4.95. The number of pyridine rings is 1. The average Bonchev–Trinajstić information content (AvgIpc) is 2.16. The Labute approximate surface area is 89.5 Å². The van der Waals surface area contributed by atoms with Gasteiger partial charge in [0, 0.05) is 12.4 Å². The lowest BCUT2D eigenvalue weighted by molar-refractivity contribution is 0.385. The molecule has 3 heteroatoms. The number of aryl methyl sites for hydroxylation is 1. The second-order valence-electron chi connectivity index (χ2n) is 3.71. The van der Waals surface area contributed by atoms with Gasteiger partial charge in [-0.3, -0.25) is 4.98 Å². The van der Waals surface area contributed by atoms with Gasteiger partial charge in [-0.1, -0.05) is 6.07 Å². The number of thioether (sulfide) groups is 1. The van der Waals surface area contributed by atoms with Crippen molar-refractivity contribution in [1.29, 1.82) is 0 Å². The zero-order chi connectivity index (χ0) is 9.64. The number of rotatable bonds is 5. The molecule has 1 fully saturated rings. The normalized spacial score (nSPS) is 16.6. The quantitative estimate of drug-likeness (QED) is 0.744. The first-order valence-electron chi connectivity index (χ1n) is 5.12. The van der Waals surface area contributed by atoms with Crippen molar-refractivity contribution in [3.8, 4) is 0 Å². The van der Waals surface area contributed by atoms with E-state index in [2.05, 4.69) is 28.1 Å². The van der Waals surface area contributed by atoms with Crippen LogP contribution < -0.4 is 5.32 Å². The summed E-state index contributed by atoms with van der Waals surface area (Å²) in [6.45, 7) is 2.44. The molecule has 14 heavy (non-hydrogen) atoms. The standard InChI is InChI=1S/C11H16N2S/c1-2-10(6-12-4-1)3-5-14-9-11-7-13-8-11/h1-2,4,6,11,13H,3,5,7-9H2. The number of nitrogens with one attached hydrogen (secondary N) is 1. The van der Waals surface area contributed by atoms with Gasteiger partial charge in [0.1, 0.15) is 0 Å². The maximum atomic E-state index is 4.11. The lowest BCUT2D eigenvalue weighted by Crippen LogP contribution is -2.43. The van der Waals surface area contributed by atoms with E-state index in [0.29, 0.717) is 0 Å². The first-order chi connectivity index (χ1) is 6.95. The van der Waals surface area contributed by atoms with Crippen LogP contribution in [0.1, 0.15) is 5.56 Å². The highest BCUT2D eigenvalue weighted by molar-refractivity contribution is 7.99. The minimum absolute atomic E-state index is 0.925. The highest BCUT2D eigenvalue weighted by Gasteiger charge is 2.15. The topological polar surface area (TPSA) is 24.9 Å². The molecular formula is C11H16N2S. The van der Waals surface area contributed by atoms with Crippen LogP contribution in [0.25, 0.3) is 0 Å². The Morgan fingerprint density at radius 3 is 3.07 bits per heavy atom. The van der Waals surface area contributed by atoms with Gasteiger partial charge in [-0.25, -0.2) is 0 Å². The van der Waals surface area contributed by atoms with E-state index in [4.69, 9.17) is 0 Å². The summed E-state index contributed by atoms with van der Waals surface area (Å²) >= 11 is 2.06. The Morgan fingerprint density at radius 1 is 1.50 bits per heavy atom. The second kappa shape index (κ2) is 5.37. The van der Waals surface area contributed by atoms with Gasteiger partial charge in [0.2, 0.25) is 0 Å². The fourth-order valence-electron chi connectivity index (χ4n) is 1.45. The largest absolute Gasteiger partial charge is 0.316 e. The van der Waals surface area contributed by atoms with Gasteiger partial charge in [0.15, 0.2) is 0 Å². The molecule has 76 valence electrons. The smallest absolute Gasteiger partial charge is 0.0300 e. The molecule has 0 saturated carbocycles. The van der Waals surface area contributed by atoms with Crippen molar-refractivity contribution in [1.82, 2.24) is 10.3 Å². The van der Waals surface area contributed by atoms with Gasteiger partial charge in [-0.15, -0.1) is 0 Å². The van der Waals surface area contributed by atoms with Crippen molar-refractivity contribution in [2.45, 2.75) is 6.42 Å². The van der Waals surface area contributed by atoms with Crippen LogP contribution in [-0.2, 0) is 6.42 Å². The van der Waals surface area contributed by atoms with Crippen LogP contribution in [0.5, 0.6) is 0 Å². The second-order valence-corrected chi connectivity index (χ2v) is 4.86. The molecule has 0 amide bonds. The molecule has 0 bridgehead atoms. The van der Waals surface area contributed by atoms with E-state index in [1.165, 1.54) is 30.2 Å². The Balaban J connectivity index is 1.58. The van der Waals surface area contributed by atoms with Crippen LogP contribution >= 0.6 is 11.8 Å². The van der Waals surface area contributed by atoms with Crippen molar-refractivity contribution in [2.75, 3.05) is 24.6 Å². The van der Waals surface area contributed by atoms with Crippen molar-refractivity contribution >= 4 is 11.8 Å². The van der Waals surface area contributed by atoms with Crippen LogP contribution in [0.2, 0.25) is 0 Å². The first-order valence-corrected chi connectivity index (χ1v) is 6.28. The third-order valence-corrected chi connectivity index (χ3v) is 3.68. The zero-order valence-electron chi connectivity index (χ0n) is 8.28. The third-order valence-electron chi connectivity index (χ3n) is 2.48. The van der Waals surface area contributed by atoms with Crippen LogP contribution in [0.3, 0.4) is 0 Å². The van der Waals surface area contributed by atoms with Crippen molar-refractivity contribution in [2.24, 2.45) is 5.92 Å². The summed E-state index contributed by atoms with van der Waals surface area (Å²) in [6, 6.07) is 4.16. The minimum atomic E-state index is 0.925. The molecule has 1 aromatic rings. The molecule has 0 aliphatic carbocycles. The highest BCUT2D eigenvalue weighted by Crippen LogP contribution is 2.13. The number of hydrogen-bond donors (Lipinski definition) is 1. The van der Waals surface area contributed by atoms with Crippen molar-refractivity contribution in [3.05, 3.63) is 30.1 Å². The van der Waals surface area contributed by atoms with E-state index < -0.39 is 0 Å². The number of hydrogen-bond acceptors (Lipinski definition) is 3. The van der Waals surface area contributed by atoms with E-state index in [1.54, 1.807) is 0 Å². The van der Waals surface area contributed by atoms with Crippen LogP contribution in [0.4, 0.5) is 0 Å². The Morgan fingerprint density at radius 2 is 2.43 bits per heavy atom. The third kappa shape index (κ3) is 3.00. The summed E-state index contributed by atoms with van der Waals surface area (Å²) in [5.41, 5.74) is 1.35. The fraction of sp³-hybridized carbons (Fsp3) is 0.545. The zero-order valence-corrected chi connectivity index (χ0v) is 9.09. The van der Waals surface area contributed by atoms with E-state index in [0.717, 1.165) is 12.3 Å². The van der Waals surface area contributed by atoms with Crippen molar-refractivity contribution in [3.63, 3.8) is 0 Å². The predicted octanol–water partition coefficient (Wildman–Crippen LogP) is 1.58. The molecule has 2 rings (SSSR count).